The summed E-state index contributed by atoms with van der Waals surface area (Å²) in [4.78, 5) is 15.7. The Morgan fingerprint density at radius 1 is 1.52 bits per heavy atom. The summed E-state index contributed by atoms with van der Waals surface area (Å²) in [5, 5.41) is 9.23. The van der Waals surface area contributed by atoms with Crippen molar-refractivity contribution in [2.45, 2.75) is 45.4 Å². The zero-order valence-electron chi connectivity index (χ0n) is 14.3. The zero-order chi connectivity index (χ0) is 18.0. The molecule has 0 saturated carbocycles. The molecule has 0 saturated heterocycles. The normalized spacial score (nSPS) is 19.5. The maximum Gasteiger partial charge on any atom is 0.309 e. The fourth-order valence-corrected chi connectivity index (χ4v) is 4.62. The molecule has 0 bridgehead atoms. The Hall–Kier alpha value is -1.76. The molecule has 0 spiro atoms. The number of rotatable bonds is 7. The lowest BCUT2D eigenvalue weighted by atomic mass is 9.80. The van der Waals surface area contributed by atoms with Gasteiger partial charge in [0.05, 0.1) is 12.2 Å². The predicted molar refractivity (Wildman–Crippen MR) is 94.6 cm³/mol. The Morgan fingerprint density at radius 2 is 2.32 bits per heavy atom. The monoisotopic (exact) mass is 366 g/mol. The lowest BCUT2D eigenvalue weighted by Gasteiger charge is -2.25. The number of nitrogens with zero attached hydrogens (tertiary/aromatic N) is 2. The molecule has 3 unspecified atom stereocenters. The molecule has 2 aromatic rings. The zero-order valence-corrected chi connectivity index (χ0v) is 15.1. The van der Waals surface area contributed by atoms with E-state index in [-0.39, 0.29) is 12.2 Å². The van der Waals surface area contributed by atoms with Gasteiger partial charge in [-0.15, -0.1) is 3.89 Å². The van der Waals surface area contributed by atoms with Crippen LogP contribution >= 0.6 is 0 Å². The van der Waals surface area contributed by atoms with Crippen LogP contribution < -0.4 is 0 Å². The van der Waals surface area contributed by atoms with Crippen LogP contribution in [0.4, 0.5) is 3.89 Å². The molecule has 0 amide bonds. The Kier molecular flexibility index (Phi) is 5.51. The van der Waals surface area contributed by atoms with Gasteiger partial charge in [-0.1, -0.05) is 6.92 Å². The number of hydrogen-bond donors (Lipinski definition) is 1. The number of aliphatic carboxylic acids is 1. The second-order valence-electron chi connectivity index (χ2n) is 7.02. The van der Waals surface area contributed by atoms with Gasteiger partial charge in [0.2, 0.25) is 0 Å². The van der Waals surface area contributed by atoms with E-state index in [0.29, 0.717) is 18.3 Å². The average molecular weight is 366 g/mol. The second-order valence-corrected chi connectivity index (χ2v) is 8.01. The molecule has 2 heterocycles. The molecule has 0 fully saturated rings. The Morgan fingerprint density at radius 3 is 3.04 bits per heavy atom. The van der Waals surface area contributed by atoms with E-state index in [1.54, 1.807) is 6.20 Å². The highest BCUT2D eigenvalue weighted by Crippen LogP contribution is 2.35. The molecule has 3 atom stereocenters. The van der Waals surface area contributed by atoms with E-state index in [9.17, 15) is 18.0 Å². The number of carboxylic acid groups (broad SMARTS) is 1. The third-order valence-electron chi connectivity index (χ3n) is 5.14. The minimum atomic E-state index is -2.22. The first-order chi connectivity index (χ1) is 12.0. The quantitative estimate of drug-likeness (QED) is 0.764. The van der Waals surface area contributed by atoms with Crippen LogP contribution in [0.5, 0.6) is 0 Å². The number of fused-ring (bicyclic) bond motifs is 3. The summed E-state index contributed by atoms with van der Waals surface area (Å²) < 4.78 is 25.1. The Bertz CT molecular complexity index is 805. The topological polar surface area (TPSA) is 71.7 Å². The van der Waals surface area contributed by atoms with Crippen molar-refractivity contribution in [1.82, 2.24) is 9.38 Å². The van der Waals surface area contributed by atoms with Gasteiger partial charge < -0.3 is 9.51 Å². The lowest BCUT2D eigenvalue weighted by Crippen LogP contribution is -2.18. The molecule has 3 rings (SSSR count). The first kappa shape index (κ1) is 18.0. The molecule has 1 N–H and O–H groups in total. The fourth-order valence-electron chi connectivity index (χ4n) is 4.03. The van der Waals surface area contributed by atoms with E-state index in [0.717, 1.165) is 48.2 Å². The third kappa shape index (κ3) is 4.08. The molecular weight excluding hydrogens is 343 g/mol. The van der Waals surface area contributed by atoms with Gasteiger partial charge in [-0.3, -0.25) is 4.79 Å². The standard InChI is InChI=1S/C18H23FN2O3S/c1-12(5-8-25(19)24)9-13-3-4-14-15(10-13)18-20-6-2-7-21(18)16(14)11-17(22)23/h2,6-7,12-13H,3-5,8-11H2,1H3,(H,22,23). The highest BCUT2D eigenvalue weighted by atomic mass is 32.2. The largest absolute Gasteiger partial charge is 0.481 e. The smallest absolute Gasteiger partial charge is 0.309 e. The maximum atomic E-state index is 12.5. The molecular formula is C18H23FN2O3S. The van der Waals surface area contributed by atoms with Crippen molar-refractivity contribution in [2.24, 2.45) is 11.8 Å². The van der Waals surface area contributed by atoms with Crippen molar-refractivity contribution in [2.75, 3.05) is 5.75 Å². The molecule has 0 aromatic carbocycles. The SMILES string of the molecule is CC(CCS(=O)F)CC1CCc2c(c3ncccn3c2CC(=O)O)C1. The summed E-state index contributed by atoms with van der Waals surface area (Å²) in [6.45, 7) is 2.08. The van der Waals surface area contributed by atoms with Crippen molar-refractivity contribution in [1.29, 1.82) is 0 Å². The summed E-state index contributed by atoms with van der Waals surface area (Å²) in [5.41, 5.74) is 3.99. The van der Waals surface area contributed by atoms with Gasteiger partial charge in [0.25, 0.3) is 0 Å². The minimum Gasteiger partial charge on any atom is -0.481 e. The molecule has 1 aliphatic rings. The summed E-state index contributed by atoms with van der Waals surface area (Å²) in [6, 6.07) is 1.82. The second kappa shape index (κ2) is 7.64. The van der Waals surface area contributed by atoms with Gasteiger partial charge in [0, 0.05) is 23.7 Å². The van der Waals surface area contributed by atoms with Gasteiger partial charge in [-0.25, -0.2) is 9.19 Å². The van der Waals surface area contributed by atoms with E-state index in [1.807, 2.05) is 16.7 Å². The number of carboxylic acids is 1. The van der Waals surface area contributed by atoms with Crippen molar-refractivity contribution in [3.05, 3.63) is 35.3 Å². The van der Waals surface area contributed by atoms with Crippen LogP contribution in [0.3, 0.4) is 0 Å². The van der Waals surface area contributed by atoms with Gasteiger partial charge in [-0.2, -0.15) is 0 Å². The molecule has 136 valence electrons. The first-order valence-corrected chi connectivity index (χ1v) is 9.89. The maximum absolute atomic E-state index is 12.5. The van der Waals surface area contributed by atoms with E-state index in [2.05, 4.69) is 11.9 Å². The van der Waals surface area contributed by atoms with Crippen LogP contribution in [0.1, 0.15) is 43.0 Å². The summed E-state index contributed by atoms with van der Waals surface area (Å²) in [5.74, 6) is 0.0764. The number of carbonyl (C=O) groups is 1. The van der Waals surface area contributed by atoms with Crippen LogP contribution in [0.2, 0.25) is 0 Å². The lowest BCUT2D eigenvalue weighted by molar-refractivity contribution is -0.136. The van der Waals surface area contributed by atoms with Crippen LogP contribution in [-0.4, -0.2) is 30.4 Å². The van der Waals surface area contributed by atoms with Crippen LogP contribution in [-0.2, 0) is 35.2 Å². The fraction of sp³-hybridized carbons (Fsp3) is 0.556. The highest BCUT2D eigenvalue weighted by Gasteiger charge is 2.28. The minimum absolute atomic E-state index is 0.00553. The number of aromatic nitrogens is 2. The predicted octanol–water partition coefficient (Wildman–Crippen LogP) is 3.12. The Balaban J connectivity index is 1.81. The van der Waals surface area contributed by atoms with E-state index in [1.165, 1.54) is 0 Å². The van der Waals surface area contributed by atoms with E-state index >= 15 is 0 Å². The molecule has 5 nitrogen and oxygen atoms in total. The van der Waals surface area contributed by atoms with Crippen molar-refractivity contribution >= 4 is 22.8 Å². The van der Waals surface area contributed by atoms with Crippen molar-refractivity contribution in [3.63, 3.8) is 0 Å². The molecule has 0 radical (unpaired) electrons. The summed E-state index contributed by atoms with van der Waals surface area (Å²) in [6.07, 6.45) is 7.95. The highest BCUT2D eigenvalue weighted by molar-refractivity contribution is 7.79. The van der Waals surface area contributed by atoms with Crippen molar-refractivity contribution < 1.29 is 18.0 Å². The summed E-state index contributed by atoms with van der Waals surface area (Å²) >= 11 is -2.22. The molecule has 25 heavy (non-hydrogen) atoms. The van der Waals surface area contributed by atoms with Crippen LogP contribution in [0.15, 0.2) is 18.5 Å². The van der Waals surface area contributed by atoms with Gasteiger partial charge >= 0.3 is 5.97 Å². The number of halogens is 1. The average Bonchev–Trinajstić information content (AvgIpc) is 2.86. The van der Waals surface area contributed by atoms with Gasteiger partial charge in [0.1, 0.15) is 5.65 Å². The third-order valence-corrected chi connectivity index (χ3v) is 5.70. The Labute approximate surface area is 149 Å². The molecule has 7 heteroatoms. The van der Waals surface area contributed by atoms with E-state index < -0.39 is 17.2 Å². The molecule has 1 aliphatic carbocycles. The van der Waals surface area contributed by atoms with E-state index in [4.69, 9.17) is 0 Å². The van der Waals surface area contributed by atoms with Crippen molar-refractivity contribution in [3.8, 4) is 0 Å². The molecule has 2 aromatic heterocycles. The van der Waals surface area contributed by atoms with Gasteiger partial charge in [0.15, 0.2) is 11.2 Å². The molecule has 0 aliphatic heterocycles. The summed E-state index contributed by atoms with van der Waals surface area (Å²) in [7, 11) is 0. The van der Waals surface area contributed by atoms with Gasteiger partial charge in [-0.05, 0) is 55.6 Å². The van der Waals surface area contributed by atoms with Crippen LogP contribution in [0, 0.1) is 11.8 Å². The first-order valence-electron chi connectivity index (χ1n) is 8.67. The van der Waals surface area contributed by atoms with Crippen LogP contribution in [0.25, 0.3) is 5.65 Å². The number of hydrogen-bond acceptors (Lipinski definition) is 3.